The number of amides is 2. The van der Waals surface area contributed by atoms with Crippen LogP contribution in [0.15, 0.2) is 36.5 Å². The van der Waals surface area contributed by atoms with E-state index in [0.29, 0.717) is 40.9 Å². The monoisotopic (exact) mass is 507 g/mol. The van der Waals surface area contributed by atoms with Gasteiger partial charge in [0, 0.05) is 54.8 Å². The van der Waals surface area contributed by atoms with E-state index < -0.39 is 5.91 Å². The summed E-state index contributed by atoms with van der Waals surface area (Å²) in [5.74, 6) is 0.642. The molecule has 0 spiro atoms. The number of hydrogen-bond acceptors (Lipinski definition) is 7. The average Bonchev–Trinajstić information content (AvgIpc) is 3.30. The zero-order valence-corrected chi connectivity index (χ0v) is 21.8. The fourth-order valence-corrected chi connectivity index (χ4v) is 5.62. The van der Waals surface area contributed by atoms with Crippen LogP contribution < -0.4 is 21.3 Å². The normalized spacial score (nSPS) is 21.7. The molecule has 1 saturated heterocycles. The van der Waals surface area contributed by atoms with Gasteiger partial charge in [0.05, 0.1) is 12.2 Å². The molecule has 4 unspecified atom stereocenters. The molecule has 1 aliphatic carbocycles. The lowest BCUT2D eigenvalue weighted by Crippen LogP contribution is -2.43. The summed E-state index contributed by atoms with van der Waals surface area (Å²) >= 11 is 0. The number of anilines is 2. The van der Waals surface area contributed by atoms with E-state index >= 15 is 0 Å². The number of ether oxygens (including phenoxy) is 1. The Balaban J connectivity index is 1.46. The minimum absolute atomic E-state index is 0.00495. The second kappa shape index (κ2) is 11.7. The SMILES string of the molecule is CCC(COC)Nc1cc(C(=O)NC2CC3CCCN(c4ccc(C(C)=O)cn4)C3C2)ccc1C(N)=O. The van der Waals surface area contributed by atoms with E-state index in [4.69, 9.17) is 10.5 Å². The molecule has 0 radical (unpaired) electrons. The van der Waals surface area contributed by atoms with Crippen molar-refractivity contribution in [2.24, 2.45) is 11.7 Å². The number of methoxy groups -OCH3 is 1. The molecule has 2 aromatic rings. The number of primary amides is 1. The number of nitrogens with zero attached hydrogens (tertiary/aromatic N) is 2. The van der Waals surface area contributed by atoms with E-state index in [1.807, 2.05) is 19.1 Å². The number of nitrogens with two attached hydrogens (primary N) is 1. The quantitative estimate of drug-likeness (QED) is 0.421. The fraction of sp³-hybridized carbons (Fsp3) is 0.500. The summed E-state index contributed by atoms with van der Waals surface area (Å²) in [5, 5.41) is 6.52. The Kier molecular flexibility index (Phi) is 8.43. The van der Waals surface area contributed by atoms with Gasteiger partial charge in [-0.05, 0) is 75.3 Å². The first-order valence-corrected chi connectivity index (χ1v) is 13.0. The van der Waals surface area contributed by atoms with Crippen molar-refractivity contribution in [1.82, 2.24) is 10.3 Å². The minimum Gasteiger partial charge on any atom is -0.383 e. The molecule has 1 aliphatic heterocycles. The summed E-state index contributed by atoms with van der Waals surface area (Å²) in [7, 11) is 1.63. The highest BCUT2D eigenvalue weighted by atomic mass is 16.5. The number of hydrogen-bond donors (Lipinski definition) is 3. The number of nitrogens with one attached hydrogen (secondary N) is 2. The number of benzene rings is 1. The van der Waals surface area contributed by atoms with Gasteiger partial charge < -0.3 is 26.0 Å². The molecule has 2 fully saturated rings. The first-order valence-electron chi connectivity index (χ1n) is 13.0. The molecule has 4 rings (SSSR count). The molecule has 198 valence electrons. The maximum Gasteiger partial charge on any atom is 0.251 e. The second-order valence-corrected chi connectivity index (χ2v) is 10.1. The Hall–Kier alpha value is -3.46. The van der Waals surface area contributed by atoms with Gasteiger partial charge in [-0.15, -0.1) is 0 Å². The van der Waals surface area contributed by atoms with Gasteiger partial charge in [0.25, 0.3) is 11.8 Å². The summed E-state index contributed by atoms with van der Waals surface area (Å²) in [4.78, 5) is 43.7. The van der Waals surface area contributed by atoms with E-state index in [-0.39, 0.29) is 23.8 Å². The van der Waals surface area contributed by atoms with Gasteiger partial charge in [0.15, 0.2) is 5.78 Å². The maximum absolute atomic E-state index is 13.2. The van der Waals surface area contributed by atoms with Crippen molar-refractivity contribution < 1.29 is 19.1 Å². The topological polar surface area (TPSA) is 127 Å². The molecule has 9 nitrogen and oxygen atoms in total. The molecule has 2 heterocycles. The Bertz CT molecular complexity index is 1140. The molecule has 2 aliphatic rings. The number of carbonyl (C=O) groups excluding carboxylic acids is 3. The van der Waals surface area contributed by atoms with E-state index in [2.05, 4.69) is 20.5 Å². The van der Waals surface area contributed by atoms with Crippen molar-refractivity contribution in [2.45, 2.75) is 64.1 Å². The van der Waals surface area contributed by atoms with E-state index in [0.717, 1.165) is 44.5 Å². The van der Waals surface area contributed by atoms with Crippen molar-refractivity contribution in [3.05, 3.63) is 53.2 Å². The van der Waals surface area contributed by atoms with Crippen molar-refractivity contribution >= 4 is 29.1 Å². The summed E-state index contributed by atoms with van der Waals surface area (Å²) in [6, 6.07) is 9.03. The Labute approximate surface area is 218 Å². The summed E-state index contributed by atoms with van der Waals surface area (Å²) in [6.07, 6.45) is 6.38. The third kappa shape index (κ3) is 6.10. The number of pyridine rings is 1. The number of Topliss-reactive ketones (excluding diaryl/α,β-unsaturated/α-hetero) is 1. The van der Waals surface area contributed by atoms with Crippen LogP contribution in [0.3, 0.4) is 0 Å². The van der Waals surface area contributed by atoms with E-state index in [1.165, 1.54) is 0 Å². The average molecular weight is 508 g/mol. The van der Waals surface area contributed by atoms with Gasteiger partial charge in [0.1, 0.15) is 5.82 Å². The van der Waals surface area contributed by atoms with Gasteiger partial charge in [-0.1, -0.05) is 6.92 Å². The predicted octanol–water partition coefficient (Wildman–Crippen LogP) is 3.40. The first-order chi connectivity index (χ1) is 17.8. The molecule has 4 atom stereocenters. The lowest BCUT2D eigenvalue weighted by atomic mass is 9.92. The highest BCUT2D eigenvalue weighted by molar-refractivity contribution is 6.02. The Morgan fingerprint density at radius 1 is 1.19 bits per heavy atom. The first kappa shape index (κ1) is 26.6. The van der Waals surface area contributed by atoms with Crippen molar-refractivity contribution in [2.75, 3.05) is 30.5 Å². The van der Waals surface area contributed by atoms with Gasteiger partial charge in [-0.2, -0.15) is 0 Å². The third-order valence-corrected chi connectivity index (χ3v) is 7.58. The molecule has 1 aromatic heterocycles. The van der Waals surface area contributed by atoms with Crippen molar-refractivity contribution in [3.8, 4) is 0 Å². The van der Waals surface area contributed by atoms with Gasteiger partial charge in [-0.25, -0.2) is 4.98 Å². The largest absolute Gasteiger partial charge is 0.383 e. The van der Waals surface area contributed by atoms with Crippen LogP contribution in [0.5, 0.6) is 0 Å². The molecule has 9 heteroatoms. The number of ketones is 1. The van der Waals surface area contributed by atoms with Crippen LogP contribution in [-0.2, 0) is 4.74 Å². The summed E-state index contributed by atoms with van der Waals surface area (Å²) < 4.78 is 5.26. The number of carbonyl (C=O) groups is 3. The molecule has 1 saturated carbocycles. The van der Waals surface area contributed by atoms with Crippen LogP contribution in [0.1, 0.15) is 77.0 Å². The zero-order valence-electron chi connectivity index (χ0n) is 21.8. The predicted molar refractivity (Wildman–Crippen MR) is 143 cm³/mol. The van der Waals surface area contributed by atoms with Gasteiger partial charge >= 0.3 is 0 Å². The molecule has 37 heavy (non-hydrogen) atoms. The number of piperidine rings is 1. The Morgan fingerprint density at radius 2 is 1.97 bits per heavy atom. The molecule has 2 amide bonds. The maximum atomic E-state index is 13.2. The van der Waals surface area contributed by atoms with E-state index in [9.17, 15) is 14.4 Å². The summed E-state index contributed by atoms with van der Waals surface area (Å²) in [5.41, 5.74) is 7.55. The van der Waals surface area contributed by atoms with Crippen LogP contribution >= 0.6 is 0 Å². The third-order valence-electron chi connectivity index (χ3n) is 7.58. The van der Waals surface area contributed by atoms with Crippen LogP contribution in [-0.4, -0.2) is 61.0 Å². The highest BCUT2D eigenvalue weighted by Crippen LogP contribution is 2.39. The molecule has 0 bridgehead atoms. The molecule has 4 N–H and O–H groups in total. The number of aromatic nitrogens is 1. The smallest absolute Gasteiger partial charge is 0.251 e. The highest BCUT2D eigenvalue weighted by Gasteiger charge is 2.41. The van der Waals surface area contributed by atoms with Crippen LogP contribution in [0.4, 0.5) is 11.5 Å². The lowest BCUT2D eigenvalue weighted by Gasteiger charge is -2.38. The molecular formula is C28H37N5O4. The van der Waals surface area contributed by atoms with Crippen molar-refractivity contribution in [3.63, 3.8) is 0 Å². The van der Waals surface area contributed by atoms with Crippen LogP contribution in [0.25, 0.3) is 0 Å². The number of fused-ring (bicyclic) bond motifs is 1. The lowest BCUT2D eigenvalue weighted by molar-refractivity contribution is 0.0934. The second-order valence-electron chi connectivity index (χ2n) is 10.1. The van der Waals surface area contributed by atoms with Crippen LogP contribution in [0.2, 0.25) is 0 Å². The molecule has 1 aromatic carbocycles. The van der Waals surface area contributed by atoms with E-state index in [1.54, 1.807) is 38.4 Å². The number of rotatable bonds is 10. The fourth-order valence-electron chi connectivity index (χ4n) is 5.62. The Morgan fingerprint density at radius 3 is 2.62 bits per heavy atom. The molecular weight excluding hydrogens is 470 g/mol. The van der Waals surface area contributed by atoms with Crippen LogP contribution in [0, 0.1) is 5.92 Å². The summed E-state index contributed by atoms with van der Waals surface area (Å²) in [6.45, 7) is 4.95. The van der Waals surface area contributed by atoms with Gasteiger partial charge in [0.2, 0.25) is 0 Å². The van der Waals surface area contributed by atoms with Gasteiger partial charge in [-0.3, -0.25) is 14.4 Å². The van der Waals surface area contributed by atoms with Crippen molar-refractivity contribution in [1.29, 1.82) is 0 Å². The zero-order chi connectivity index (χ0) is 26.5. The minimum atomic E-state index is -0.549. The standard InChI is InChI=1S/C28H37N5O4/c1-4-21(16-37-3)31-24-13-19(7-9-23(24)27(29)35)28(36)32-22-12-18-6-5-11-33(25(18)14-22)26-10-8-20(15-30-26)17(2)34/h7-10,13,15,18,21-22,25,31H,4-6,11-12,14,16H2,1-3H3,(H2,29,35)(H,32,36).